The molecule has 2 aromatic heterocycles. The van der Waals surface area contributed by atoms with Gasteiger partial charge in [-0.15, -0.1) is 0 Å². The van der Waals surface area contributed by atoms with E-state index in [-0.39, 0.29) is 42.2 Å². The molecule has 1 aliphatic carbocycles. The molecule has 1 aliphatic heterocycles. The highest BCUT2D eigenvalue weighted by molar-refractivity contribution is 6.28. The predicted molar refractivity (Wildman–Crippen MR) is 99.4 cm³/mol. The Kier molecular flexibility index (Phi) is 4.30. The lowest BCUT2D eigenvalue weighted by Crippen LogP contribution is -2.52. The van der Waals surface area contributed by atoms with Gasteiger partial charge in [0.15, 0.2) is 5.82 Å². The third kappa shape index (κ3) is 3.09. The summed E-state index contributed by atoms with van der Waals surface area (Å²) in [5, 5.41) is -0.0439. The molecule has 28 heavy (non-hydrogen) atoms. The largest absolute Gasteiger partial charge is 0.459 e. The smallest absolute Gasteiger partial charge is 0.343 e. The first-order chi connectivity index (χ1) is 13.1. The maximum absolute atomic E-state index is 13.8. The number of hydrogen-bond acceptors (Lipinski definition) is 6. The number of alkyl halides is 2. The fourth-order valence-electron chi connectivity index (χ4n) is 4.01. The van der Waals surface area contributed by atoms with Crippen molar-refractivity contribution in [3.05, 3.63) is 40.6 Å². The van der Waals surface area contributed by atoms with Crippen LogP contribution in [0.1, 0.15) is 48.4 Å². The van der Waals surface area contributed by atoms with E-state index in [1.807, 2.05) is 13.0 Å². The Morgan fingerprint density at radius 3 is 2.64 bits per heavy atom. The van der Waals surface area contributed by atoms with Crippen molar-refractivity contribution in [3.8, 4) is 0 Å². The third-order valence-corrected chi connectivity index (χ3v) is 5.20. The fraction of sp³-hybridized carbons (Fsp3) is 0.474. The first kappa shape index (κ1) is 19.0. The van der Waals surface area contributed by atoms with Crippen molar-refractivity contribution in [1.82, 2.24) is 15.0 Å². The van der Waals surface area contributed by atoms with Gasteiger partial charge in [-0.1, -0.05) is 0 Å². The first-order valence-corrected chi connectivity index (χ1v) is 9.35. The second-order valence-corrected chi connectivity index (χ2v) is 8.06. The van der Waals surface area contributed by atoms with E-state index in [0.717, 1.165) is 5.69 Å². The van der Waals surface area contributed by atoms with Gasteiger partial charge in [0, 0.05) is 36.7 Å². The number of hydrogen-bond donors (Lipinski definition) is 0. The van der Waals surface area contributed by atoms with Gasteiger partial charge in [-0.3, -0.25) is 4.98 Å². The molecule has 0 bridgehead atoms. The monoisotopic (exact) mass is 408 g/mol. The summed E-state index contributed by atoms with van der Waals surface area (Å²) in [6.07, 6.45) is 0.398. The van der Waals surface area contributed by atoms with Gasteiger partial charge in [-0.25, -0.2) is 18.6 Å². The third-order valence-electron chi connectivity index (χ3n) is 5.02. The number of aryl methyl sites for hydroxylation is 1. The van der Waals surface area contributed by atoms with E-state index in [4.69, 9.17) is 16.3 Å². The van der Waals surface area contributed by atoms with Crippen molar-refractivity contribution in [2.24, 2.45) is 0 Å². The Morgan fingerprint density at radius 2 is 2.00 bits per heavy atom. The SMILES string of the molecule is Cc1ccc2c(n1)C1(CN2c2nc(Cl)ncc2C(=O)OC(C)C)CC(F)(F)C1. The number of carbonyl (C=O) groups excluding carboxylic acids is 1. The molecule has 0 unspecified atom stereocenters. The van der Waals surface area contributed by atoms with Gasteiger partial charge < -0.3 is 9.64 Å². The minimum atomic E-state index is -2.72. The van der Waals surface area contributed by atoms with Crippen LogP contribution in [0.25, 0.3) is 0 Å². The Balaban J connectivity index is 1.81. The molecule has 9 heteroatoms. The molecule has 0 saturated heterocycles. The van der Waals surface area contributed by atoms with Crippen LogP contribution in [0.3, 0.4) is 0 Å². The molecule has 0 amide bonds. The van der Waals surface area contributed by atoms with Crippen LogP contribution in [0.15, 0.2) is 18.3 Å². The molecule has 0 radical (unpaired) electrons. The number of ether oxygens (including phenoxy) is 1. The molecule has 0 N–H and O–H groups in total. The first-order valence-electron chi connectivity index (χ1n) is 8.97. The maximum atomic E-state index is 13.8. The Bertz CT molecular complexity index is 959. The number of rotatable bonds is 3. The lowest BCUT2D eigenvalue weighted by atomic mass is 9.65. The minimum absolute atomic E-state index is 0.0439. The summed E-state index contributed by atoms with van der Waals surface area (Å²) in [5.74, 6) is -3.07. The summed E-state index contributed by atoms with van der Waals surface area (Å²) in [5.41, 5.74) is 1.36. The zero-order chi connectivity index (χ0) is 20.3. The molecule has 2 aliphatic rings. The minimum Gasteiger partial charge on any atom is -0.459 e. The zero-order valence-electron chi connectivity index (χ0n) is 15.7. The summed E-state index contributed by atoms with van der Waals surface area (Å²) in [7, 11) is 0. The molecule has 4 rings (SSSR count). The predicted octanol–water partition coefficient (Wildman–Crippen LogP) is 4.22. The summed E-state index contributed by atoms with van der Waals surface area (Å²) in [6.45, 7) is 5.53. The molecule has 3 heterocycles. The molecule has 1 spiro atoms. The molecule has 1 saturated carbocycles. The zero-order valence-corrected chi connectivity index (χ0v) is 16.4. The van der Waals surface area contributed by atoms with Crippen LogP contribution >= 0.6 is 11.6 Å². The van der Waals surface area contributed by atoms with E-state index in [9.17, 15) is 13.6 Å². The number of halogens is 3. The van der Waals surface area contributed by atoms with Crippen LogP contribution in [0.4, 0.5) is 20.3 Å². The lowest BCUT2D eigenvalue weighted by Gasteiger charge is -2.44. The molecule has 6 nitrogen and oxygen atoms in total. The Hall–Kier alpha value is -2.35. The second kappa shape index (κ2) is 6.34. The van der Waals surface area contributed by atoms with Gasteiger partial charge in [0.2, 0.25) is 11.2 Å². The van der Waals surface area contributed by atoms with Crippen LogP contribution < -0.4 is 4.90 Å². The van der Waals surface area contributed by atoms with Crippen molar-refractivity contribution in [2.75, 3.05) is 11.4 Å². The number of esters is 1. The van der Waals surface area contributed by atoms with Crippen molar-refractivity contribution in [2.45, 2.75) is 51.1 Å². The van der Waals surface area contributed by atoms with Gasteiger partial charge in [0.05, 0.1) is 17.5 Å². The highest BCUT2D eigenvalue weighted by Crippen LogP contribution is 2.59. The number of carbonyl (C=O) groups is 1. The van der Waals surface area contributed by atoms with E-state index in [1.54, 1.807) is 24.8 Å². The van der Waals surface area contributed by atoms with E-state index in [1.165, 1.54) is 6.20 Å². The number of fused-ring (bicyclic) bond motifs is 2. The van der Waals surface area contributed by atoms with Gasteiger partial charge in [-0.2, -0.15) is 4.98 Å². The Labute approximate surface area is 165 Å². The van der Waals surface area contributed by atoms with Crippen molar-refractivity contribution >= 4 is 29.1 Å². The molecule has 1 fully saturated rings. The summed E-state index contributed by atoms with van der Waals surface area (Å²) >= 11 is 5.99. The highest BCUT2D eigenvalue weighted by Gasteiger charge is 2.62. The van der Waals surface area contributed by atoms with Crippen molar-refractivity contribution in [1.29, 1.82) is 0 Å². The number of aromatic nitrogens is 3. The summed E-state index contributed by atoms with van der Waals surface area (Å²) in [6, 6.07) is 3.62. The maximum Gasteiger partial charge on any atom is 0.343 e. The fourth-order valence-corrected chi connectivity index (χ4v) is 4.13. The van der Waals surface area contributed by atoms with Crippen LogP contribution in [-0.4, -0.2) is 39.5 Å². The van der Waals surface area contributed by atoms with Crippen LogP contribution in [-0.2, 0) is 10.2 Å². The molecule has 0 atom stereocenters. The molecular formula is C19H19ClF2N4O2. The average Bonchev–Trinajstić information content (AvgIpc) is 2.87. The van der Waals surface area contributed by atoms with Crippen LogP contribution in [0.2, 0.25) is 5.28 Å². The second-order valence-electron chi connectivity index (χ2n) is 7.73. The van der Waals surface area contributed by atoms with Crippen LogP contribution in [0.5, 0.6) is 0 Å². The lowest BCUT2D eigenvalue weighted by molar-refractivity contribution is -0.122. The average molecular weight is 409 g/mol. The molecule has 2 aromatic rings. The van der Waals surface area contributed by atoms with Gasteiger partial charge in [-0.05, 0) is 44.5 Å². The quantitative estimate of drug-likeness (QED) is 0.559. The molecule has 148 valence electrons. The standard InChI is InChI=1S/C19H19ClF2N4O2/c1-10(2)28-16(27)12-6-23-17(20)25-15(12)26-9-18(7-19(21,22)8-18)14-13(26)5-4-11(3)24-14/h4-6,10H,7-9H2,1-3H3. The van der Waals surface area contributed by atoms with Crippen LogP contribution in [0, 0.1) is 6.92 Å². The van der Waals surface area contributed by atoms with E-state index in [0.29, 0.717) is 11.4 Å². The van der Waals surface area contributed by atoms with Crippen molar-refractivity contribution < 1.29 is 18.3 Å². The highest BCUT2D eigenvalue weighted by atomic mass is 35.5. The van der Waals surface area contributed by atoms with Gasteiger partial charge in [0.25, 0.3) is 0 Å². The topological polar surface area (TPSA) is 68.2 Å². The number of nitrogens with zero attached hydrogens (tertiary/aromatic N) is 4. The summed E-state index contributed by atoms with van der Waals surface area (Å²) < 4.78 is 32.9. The molecular weight excluding hydrogens is 390 g/mol. The van der Waals surface area contributed by atoms with Gasteiger partial charge >= 0.3 is 5.97 Å². The van der Waals surface area contributed by atoms with Gasteiger partial charge in [0.1, 0.15) is 5.56 Å². The normalized spacial score (nSPS) is 18.9. The summed E-state index contributed by atoms with van der Waals surface area (Å²) in [4.78, 5) is 26.9. The Morgan fingerprint density at radius 1 is 1.29 bits per heavy atom. The van der Waals surface area contributed by atoms with E-state index in [2.05, 4.69) is 15.0 Å². The van der Waals surface area contributed by atoms with E-state index < -0.39 is 17.3 Å². The van der Waals surface area contributed by atoms with E-state index >= 15 is 0 Å². The van der Waals surface area contributed by atoms with Crippen molar-refractivity contribution in [3.63, 3.8) is 0 Å². The number of pyridine rings is 1. The number of anilines is 2. The molecule has 0 aromatic carbocycles.